The third-order valence-electron chi connectivity index (χ3n) is 4.51. The van der Waals surface area contributed by atoms with Crippen molar-refractivity contribution in [2.24, 2.45) is 5.92 Å². The molecule has 1 N–H and O–H groups in total. The maximum atomic E-state index is 12.5. The zero-order chi connectivity index (χ0) is 14.7. The second-order valence-corrected chi connectivity index (χ2v) is 5.87. The second kappa shape index (κ2) is 6.51. The Bertz CT molecular complexity index is 453. The summed E-state index contributed by atoms with van der Waals surface area (Å²) in [5.74, 6) is 0.478. The highest BCUT2D eigenvalue weighted by atomic mass is 16.3. The number of Topliss-reactive ketones (excluding diaryl/α,β-unsaturated/α-hetero) is 1. The van der Waals surface area contributed by atoms with E-state index in [1.807, 2.05) is 38.1 Å². The molecule has 0 bridgehead atoms. The molecule has 1 aliphatic rings. The fraction of sp³-hybridized carbons (Fsp3) is 0.588. The van der Waals surface area contributed by atoms with Crippen LogP contribution in [0.2, 0.25) is 0 Å². The second-order valence-electron chi connectivity index (χ2n) is 5.87. The van der Waals surface area contributed by atoms with Crippen molar-refractivity contribution in [2.45, 2.75) is 45.8 Å². The molecule has 1 fully saturated rings. The van der Waals surface area contributed by atoms with Crippen molar-refractivity contribution in [2.75, 3.05) is 13.1 Å². The topological polar surface area (TPSA) is 40.5 Å². The van der Waals surface area contributed by atoms with Gasteiger partial charge in [-0.1, -0.05) is 31.2 Å². The Kier molecular flexibility index (Phi) is 4.95. The highest BCUT2D eigenvalue weighted by Gasteiger charge is 2.31. The molecule has 1 aliphatic heterocycles. The van der Waals surface area contributed by atoms with Gasteiger partial charge in [-0.2, -0.15) is 0 Å². The molecule has 0 saturated carbocycles. The van der Waals surface area contributed by atoms with Gasteiger partial charge in [0.1, 0.15) is 0 Å². The van der Waals surface area contributed by atoms with Crippen molar-refractivity contribution in [3.63, 3.8) is 0 Å². The minimum atomic E-state index is -0.286. The SMILES string of the molecule is CCc1ccc(C(=O)C(C)N2CCC(C(C)O)C2)cc1. The summed E-state index contributed by atoms with van der Waals surface area (Å²) in [6.45, 7) is 7.64. The predicted octanol–water partition coefficient (Wildman–Crippen LogP) is 2.52. The van der Waals surface area contributed by atoms with Crippen molar-refractivity contribution >= 4 is 5.78 Å². The maximum absolute atomic E-state index is 12.5. The molecule has 0 spiro atoms. The summed E-state index contributed by atoms with van der Waals surface area (Å²) in [6.07, 6.45) is 1.68. The number of benzene rings is 1. The summed E-state index contributed by atoms with van der Waals surface area (Å²) >= 11 is 0. The molecule has 0 aromatic heterocycles. The first kappa shape index (κ1) is 15.2. The molecule has 110 valence electrons. The van der Waals surface area contributed by atoms with Gasteiger partial charge in [-0.05, 0) is 44.7 Å². The quantitative estimate of drug-likeness (QED) is 0.840. The van der Waals surface area contributed by atoms with Crippen LogP contribution in [-0.4, -0.2) is 41.0 Å². The molecule has 1 aromatic carbocycles. The van der Waals surface area contributed by atoms with E-state index >= 15 is 0 Å². The van der Waals surface area contributed by atoms with Crippen LogP contribution in [0.4, 0.5) is 0 Å². The Balaban J connectivity index is 2.01. The fourth-order valence-corrected chi connectivity index (χ4v) is 2.87. The first-order chi connectivity index (χ1) is 9.52. The number of ketones is 1. The third-order valence-corrected chi connectivity index (χ3v) is 4.51. The number of rotatable bonds is 5. The van der Waals surface area contributed by atoms with Crippen LogP contribution in [-0.2, 0) is 6.42 Å². The van der Waals surface area contributed by atoms with Gasteiger partial charge in [0.15, 0.2) is 5.78 Å². The van der Waals surface area contributed by atoms with Crippen LogP contribution in [0.1, 0.15) is 43.1 Å². The Morgan fingerprint density at radius 3 is 2.50 bits per heavy atom. The van der Waals surface area contributed by atoms with Gasteiger partial charge in [-0.3, -0.25) is 9.69 Å². The number of carbonyl (C=O) groups is 1. The van der Waals surface area contributed by atoms with Gasteiger partial charge in [0.05, 0.1) is 12.1 Å². The first-order valence-corrected chi connectivity index (χ1v) is 7.58. The maximum Gasteiger partial charge on any atom is 0.179 e. The van der Waals surface area contributed by atoms with E-state index < -0.39 is 0 Å². The minimum absolute atomic E-state index is 0.105. The van der Waals surface area contributed by atoms with E-state index in [0.29, 0.717) is 5.92 Å². The Morgan fingerprint density at radius 1 is 1.35 bits per heavy atom. The Labute approximate surface area is 121 Å². The molecule has 0 aliphatic carbocycles. The minimum Gasteiger partial charge on any atom is -0.393 e. The molecule has 1 saturated heterocycles. The molecule has 1 heterocycles. The van der Waals surface area contributed by atoms with Gasteiger partial charge in [-0.25, -0.2) is 0 Å². The predicted molar refractivity (Wildman–Crippen MR) is 81.0 cm³/mol. The van der Waals surface area contributed by atoms with E-state index in [9.17, 15) is 9.90 Å². The van der Waals surface area contributed by atoms with Crippen molar-refractivity contribution < 1.29 is 9.90 Å². The lowest BCUT2D eigenvalue weighted by molar-refractivity contribution is 0.0836. The molecule has 3 unspecified atom stereocenters. The molecule has 1 aromatic rings. The number of hydrogen-bond acceptors (Lipinski definition) is 3. The lowest BCUT2D eigenvalue weighted by Gasteiger charge is -2.23. The van der Waals surface area contributed by atoms with Gasteiger partial charge >= 0.3 is 0 Å². The highest BCUT2D eigenvalue weighted by molar-refractivity contribution is 5.99. The van der Waals surface area contributed by atoms with E-state index in [1.165, 1.54) is 5.56 Å². The average molecular weight is 275 g/mol. The van der Waals surface area contributed by atoms with Crippen LogP contribution < -0.4 is 0 Å². The molecule has 20 heavy (non-hydrogen) atoms. The van der Waals surface area contributed by atoms with Crippen LogP contribution in [0.15, 0.2) is 24.3 Å². The van der Waals surface area contributed by atoms with Gasteiger partial charge in [-0.15, -0.1) is 0 Å². The van der Waals surface area contributed by atoms with E-state index in [2.05, 4.69) is 11.8 Å². The van der Waals surface area contributed by atoms with Crippen LogP contribution >= 0.6 is 0 Å². The van der Waals surface area contributed by atoms with E-state index in [-0.39, 0.29) is 17.9 Å². The molecule has 0 radical (unpaired) electrons. The lowest BCUT2D eigenvalue weighted by Crippen LogP contribution is -2.38. The Morgan fingerprint density at radius 2 is 2.00 bits per heavy atom. The average Bonchev–Trinajstić information content (AvgIpc) is 2.96. The van der Waals surface area contributed by atoms with Gasteiger partial charge < -0.3 is 5.11 Å². The molecule has 0 amide bonds. The lowest BCUT2D eigenvalue weighted by atomic mass is 10.0. The Hall–Kier alpha value is -1.19. The van der Waals surface area contributed by atoms with Crippen molar-refractivity contribution in [3.05, 3.63) is 35.4 Å². The number of aliphatic hydroxyl groups is 1. The summed E-state index contributed by atoms with van der Waals surface area (Å²) in [7, 11) is 0. The van der Waals surface area contributed by atoms with Crippen LogP contribution in [0, 0.1) is 5.92 Å². The number of likely N-dealkylation sites (tertiary alicyclic amines) is 1. The van der Waals surface area contributed by atoms with Gasteiger partial charge in [0, 0.05) is 12.1 Å². The normalized spacial score (nSPS) is 22.7. The largest absolute Gasteiger partial charge is 0.393 e. The molecular weight excluding hydrogens is 250 g/mol. The van der Waals surface area contributed by atoms with E-state index in [0.717, 1.165) is 31.5 Å². The van der Waals surface area contributed by atoms with Crippen LogP contribution in [0.5, 0.6) is 0 Å². The third kappa shape index (κ3) is 3.28. The summed E-state index contributed by atoms with van der Waals surface area (Å²) in [5, 5.41) is 9.65. The number of hydrogen-bond donors (Lipinski definition) is 1. The molecule has 2 rings (SSSR count). The van der Waals surface area contributed by atoms with E-state index in [4.69, 9.17) is 0 Å². The van der Waals surface area contributed by atoms with Crippen LogP contribution in [0.3, 0.4) is 0 Å². The van der Waals surface area contributed by atoms with Crippen molar-refractivity contribution in [3.8, 4) is 0 Å². The summed E-state index contributed by atoms with van der Waals surface area (Å²) < 4.78 is 0. The highest BCUT2D eigenvalue weighted by Crippen LogP contribution is 2.23. The number of aryl methyl sites for hydroxylation is 1. The zero-order valence-electron chi connectivity index (χ0n) is 12.7. The number of aliphatic hydroxyl groups excluding tert-OH is 1. The number of nitrogens with zero attached hydrogens (tertiary/aromatic N) is 1. The van der Waals surface area contributed by atoms with Crippen molar-refractivity contribution in [1.82, 2.24) is 4.90 Å². The first-order valence-electron chi connectivity index (χ1n) is 7.58. The molecule has 3 nitrogen and oxygen atoms in total. The summed E-state index contributed by atoms with van der Waals surface area (Å²) in [4.78, 5) is 14.7. The monoisotopic (exact) mass is 275 g/mol. The van der Waals surface area contributed by atoms with Gasteiger partial charge in [0.2, 0.25) is 0 Å². The smallest absolute Gasteiger partial charge is 0.179 e. The van der Waals surface area contributed by atoms with Crippen molar-refractivity contribution in [1.29, 1.82) is 0 Å². The van der Waals surface area contributed by atoms with Gasteiger partial charge in [0.25, 0.3) is 0 Å². The molecule has 3 atom stereocenters. The zero-order valence-corrected chi connectivity index (χ0v) is 12.7. The standard InChI is InChI=1S/C17H25NO2/c1-4-14-5-7-15(8-6-14)17(20)12(2)18-10-9-16(11-18)13(3)19/h5-8,12-13,16,19H,4,9-11H2,1-3H3. The molecule has 3 heteroatoms. The molecular formula is C17H25NO2. The van der Waals surface area contributed by atoms with E-state index in [1.54, 1.807) is 0 Å². The van der Waals surface area contributed by atoms with Crippen LogP contribution in [0.25, 0.3) is 0 Å². The number of carbonyl (C=O) groups excluding carboxylic acids is 1. The summed E-state index contributed by atoms with van der Waals surface area (Å²) in [6, 6.07) is 7.82. The summed E-state index contributed by atoms with van der Waals surface area (Å²) in [5.41, 5.74) is 2.04. The fourth-order valence-electron chi connectivity index (χ4n) is 2.87.